The first-order chi connectivity index (χ1) is 9.13. The van der Waals surface area contributed by atoms with Crippen molar-refractivity contribution in [3.05, 3.63) is 30.3 Å². The van der Waals surface area contributed by atoms with E-state index in [0.29, 0.717) is 10.9 Å². The second kappa shape index (κ2) is 6.41. The normalized spacial score (nSPS) is 20.6. The Morgan fingerprint density at radius 1 is 1.47 bits per heavy atom. The van der Waals surface area contributed by atoms with Crippen LogP contribution in [-0.4, -0.2) is 40.0 Å². The molecule has 19 heavy (non-hydrogen) atoms. The molecule has 1 aliphatic rings. The number of carbonyl (C=O) groups excluding carboxylic acids is 1. The second-order valence-electron chi connectivity index (χ2n) is 4.22. The predicted octanol–water partition coefficient (Wildman–Crippen LogP) is 2.11. The van der Waals surface area contributed by atoms with Crippen LogP contribution in [0.1, 0.15) is 6.92 Å². The Balaban J connectivity index is 2.16. The average Bonchev–Trinajstić information content (AvgIpc) is 2.72. The van der Waals surface area contributed by atoms with Gasteiger partial charge >= 0.3 is 0 Å². The zero-order valence-electron chi connectivity index (χ0n) is 10.5. The van der Waals surface area contributed by atoms with Crippen LogP contribution in [0.4, 0.5) is 5.69 Å². The highest BCUT2D eigenvalue weighted by Crippen LogP contribution is 2.26. The number of nitrogens with zero attached hydrogens (tertiary/aromatic N) is 2. The van der Waals surface area contributed by atoms with Gasteiger partial charge in [0.1, 0.15) is 6.04 Å². The summed E-state index contributed by atoms with van der Waals surface area (Å²) < 4.78 is 0. The van der Waals surface area contributed by atoms with Crippen molar-refractivity contribution in [2.24, 2.45) is 4.99 Å². The van der Waals surface area contributed by atoms with Crippen molar-refractivity contribution < 1.29 is 9.90 Å². The monoisotopic (exact) mass is 298 g/mol. The highest BCUT2D eigenvalue weighted by molar-refractivity contribution is 8.14. The summed E-state index contributed by atoms with van der Waals surface area (Å²) in [5, 5.41) is 10.1. The molecule has 2 rings (SSSR count). The molecule has 102 valence electrons. The van der Waals surface area contributed by atoms with Gasteiger partial charge in [-0.1, -0.05) is 30.0 Å². The number of amidine groups is 1. The summed E-state index contributed by atoms with van der Waals surface area (Å²) in [4.78, 5) is 18.1. The molecule has 1 heterocycles. The van der Waals surface area contributed by atoms with E-state index in [1.165, 1.54) is 11.8 Å². The minimum Gasteiger partial charge on any atom is -0.391 e. The van der Waals surface area contributed by atoms with Crippen molar-refractivity contribution in [3.8, 4) is 0 Å². The lowest BCUT2D eigenvalue weighted by Gasteiger charge is -2.18. The molecule has 0 saturated heterocycles. The van der Waals surface area contributed by atoms with E-state index in [1.54, 1.807) is 11.8 Å². The first-order valence-corrected chi connectivity index (χ1v) is 7.49. The van der Waals surface area contributed by atoms with Gasteiger partial charge in [0, 0.05) is 11.6 Å². The molecule has 4 nitrogen and oxygen atoms in total. The Bertz CT molecular complexity index is 481. The van der Waals surface area contributed by atoms with E-state index in [9.17, 15) is 9.90 Å². The third kappa shape index (κ3) is 3.29. The quantitative estimate of drug-likeness (QED) is 0.866. The molecule has 0 spiro atoms. The standard InChI is InChI=1S/C13H15ClN2O2S/c1-9-12(18)16(10-5-3-2-4-6-10)13(15-9)19-8-11(17)7-14/h2-6,9,11,17H,7-8H2,1H3. The molecule has 2 unspecified atom stereocenters. The predicted molar refractivity (Wildman–Crippen MR) is 80.0 cm³/mol. The Morgan fingerprint density at radius 3 is 2.79 bits per heavy atom. The molecule has 1 N–H and O–H groups in total. The zero-order valence-corrected chi connectivity index (χ0v) is 12.1. The molecule has 0 radical (unpaired) electrons. The van der Waals surface area contributed by atoms with Crippen molar-refractivity contribution in [2.75, 3.05) is 16.5 Å². The molecule has 6 heteroatoms. The molecule has 2 atom stereocenters. The lowest BCUT2D eigenvalue weighted by Crippen LogP contribution is -2.33. The molecule has 0 saturated carbocycles. The first kappa shape index (κ1) is 14.4. The Labute approximate surface area is 121 Å². The van der Waals surface area contributed by atoms with Crippen molar-refractivity contribution >= 4 is 40.1 Å². The molecular formula is C13H15ClN2O2S. The number of aliphatic hydroxyl groups excluding tert-OH is 1. The number of amides is 1. The van der Waals surface area contributed by atoms with Gasteiger partial charge in [0.2, 0.25) is 0 Å². The third-order valence-electron chi connectivity index (χ3n) is 2.67. The van der Waals surface area contributed by atoms with Gasteiger partial charge in [-0.05, 0) is 19.1 Å². The second-order valence-corrected chi connectivity index (χ2v) is 5.51. The van der Waals surface area contributed by atoms with Gasteiger partial charge in [0.25, 0.3) is 5.91 Å². The summed E-state index contributed by atoms with van der Waals surface area (Å²) in [6.45, 7) is 1.77. The summed E-state index contributed by atoms with van der Waals surface area (Å²) in [5.74, 6) is 0.551. The lowest BCUT2D eigenvalue weighted by atomic mass is 10.2. The Hall–Kier alpha value is -1.04. The molecule has 0 fully saturated rings. The average molecular weight is 299 g/mol. The van der Waals surface area contributed by atoms with Crippen LogP contribution in [0.2, 0.25) is 0 Å². The highest BCUT2D eigenvalue weighted by Gasteiger charge is 2.33. The molecule has 0 aromatic heterocycles. The number of halogens is 1. The summed E-state index contributed by atoms with van der Waals surface area (Å²) >= 11 is 6.91. The Kier molecular flexibility index (Phi) is 4.85. The first-order valence-electron chi connectivity index (χ1n) is 5.97. The number of rotatable bonds is 4. The molecule has 1 aromatic rings. The SMILES string of the molecule is CC1N=C(SCC(O)CCl)N(c2ccccc2)C1=O. The number of alkyl halides is 1. The summed E-state index contributed by atoms with van der Waals surface area (Å²) in [6, 6.07) is 9.00. The molecule has 0 bridgehead atoms. The highest BCUT2D eigenvalue weighted by atomic mass is 35.5. The van der Waals surface area contributed by atoms with E-state index < -0.39 is 6.10 Å². The van der Waals surface area contributed by atoms with Gasteiger partial charge in [0.05, 0.1) is 11.8 Å². The minimum atomic E-state index is -0.599. The summed E-state index contributed by atoms with van der Waals surface area (Å²) in [6.07, 6.45) is -0.599. The number of hydrogen-bond acceptors (Lipinski definition) is 4. The molecule has 0 aliphatic carbocycles. The van der Waals surface area contributed by atoms with E-state index >= 15 is 0 Å². The molecule has 1 aromatic carbocycles. The largest absolute Gasteiger partial charge is 0.391 e. The van der Waals surface area contributed by atoms with Crippen LogP contribution in [0.3, 0.4) is 0 Å². The molecule has 1 aliphatic heterocycles. The van der Waals surface area contributed by atoms with Crippen molar-refractivity contribution in [1.29, 1.82) is 0 Å². The van der Waals surface area contributed by atoms with Crippen LogP contribution in [0.5, 0.6) is 0 Å². The fourth-order valence-electron chi connectivity index (χ4n) is 1.69. The van der Waals surface area contributed by atoms with Crippen LogP contribution < -0.4 is 4.90 Å². The fourth-order valence-corrected chi connectivity index (χ4v) is 2.95. The third-order valence-corrected chi connectivity index (χ3v) is 4.12. The van der Waals surface area contributed by atoms with Crippen molar-refractivity contribution in [1.82, 2.24) is 0 Å². The molecule has 1 amide bonds. The maximum absolute atomic E-state index is 12.1. The van der Waals surface area contributed by atoms with Crippen LogP contribution in [0, 0.1) is 0 Å². The van der Waals surface area contributed by atoms with E-state index in [-0.39, 0.29) is 17.8 Å². The smallest absolute Gasteiger partial charge is 0.257 e. The van der Waals surface area contributed by atoms with Crippen LogP contribution in [0.15, 0.2) is 35.3 Å². The van der Waals surface area contributed by atoms with Crippen LogP contribution in [0.25, 0.3) is 0 Å². The van der Waals surface area contributed by atoms with Crippen LogP contribution in [-0.2, 0) is 4.79 Å². The van der Waals surface area contributed by atoms with Crippen molar-refractivity contribution in [2.45, 2.75) is 19.1 Å². The molecular weight excluding hydrogens is 284 g/mol. The number of aliphatic hydroxyl groups is 1. The number of carbonyl (C=O) groups is 1. The van der Waals surface area contributed by atoms with E-state index in [1.807, 2.05) is 30.3 Å². The fraction of sp³-hybridized carbons (Fsp3) is 0.385. The van der Waals surface area contributed by atoms with E-state index in [0.717, 1.165) is 5.69 Å². The van der Waals surface area contributed by atoms with Crippen LogP contribution >= 0.6 is 23.4 Å². The zero-order chi connectivity index (χ0) is 13.8. The maximum atomic E-state index is 12.1. The van der Waals surface area contributed by atoms with Gasteiger partial charge in [-0.15, -0.1) is 11.6 Å². The summed E-state index contributed by atoms with van der Waals surface area (Å²) in [7, 11) is 0. The van der Waals surface area contributed by atoms with Gasteiger partial charge in [-0.2, -0.15) is 0 Å². The summed E-state index contributed by atoms with van der Waals surface area (Å²) in [5.41, 5.74) is 0.795. The lowest BCUT2D eigenvalue weighted by molar-refractivity contribution is -0.117. The number of benzene rings is 1. The number of aliphatic imine (C=N–C) groups is 1. The maximum Gasteiger partial charge on any atom is 0.257 e. The topological polar surface area (TPSA) is 52.9 Å². The number of thioether (sulfide) groups is 1. The van der Waals surface area contributed by atoms with Gasteiger partial charge < -0.3 is 5.11 Å². The van der Waals surface area contributed by atoms with Gasteiger partial charge in [-0.25, -0.2) is 4.99 Å². The number of hydrogen-bond donors (Lipinski definition) is 1. The number of para-hydroxylation sites is 1. The minimum absolute atomic E-state index is 0.0472. The Morgan fingerprint density at radius 2 is 2.16 bits per heavy atom. The van der Waals surface area contributed by atoms with Gasteiger partial charge in [0.15, 0.2) is 5.17 Å². The van der Waals surface area contributed by atoms with Crippen molar-refractivity contribution in [3.63, 3.8) is 0 Å². The van der Waals surface area contributed by atoms with E-state index in [2.05, 4.69) is 4.99 Å². The van der Waals surface area contributed by atoms with E-state index in [4.69, 9.17) is 11.6 Å². The number of anilines is 1. The van der Waals surface area contributed by atoms with Gasteiger partial charge in [-0.3, -0.25) is 9.69 Å².